The number of benzene rings is 2. The third kappa shape index (κ3) is 4.58. The van der Waals surface area contributed by atoms with Crippen molar-refractivity contribution >= 4 is 19.9 Å². The summed E-state index contributed by atoms with van der Waals surface area (Å²) in [7, 11) is -7.92. The molecule has 23 heavy (non-hydrogen) atoms. The van der Waals surface area contributed by atoms with Gasteiger partial charge in [0.25, 0.3) is 10.0 Å². The monoisotopic (exact) mass is 359 g/mol. The lowest BCUT2D eigenvalue weighted by atomic mass is 10.2. The average molecular weight is 359 g/mol. The summed E-state index contributed by atoms with van der Waals surface area (Å²) in [4.78, 5) is 5.96. The minimum atomic E-state index is -4.20. The Morgan fingerprint density at radius 2 is 1.65 bits per heavy atom. The first kappa shape index (κ1) is 17.5. The summed E-state index contributed by atoms with van der Waals surface area (Å²) in [6.07, 6.45) is 0.912. The first-order chi connectivity index (χ1) is 10.7. The Kier molecular flexibility index (Phi) is 5.15. The highest BCUT2D eigenvalue weighted by molar-refractivity contribution is 7.93. The summed E-state index contributed by atoms with van der Waals surface area (Å²) in [5, 5.41) is 0. The van der Waals surface area contributed by atoms with E-state index in [1.54, 1.807) is 6.07 Å². The second-order valence-corrected chi connectivity index (χ2v) is 8.32. The zero-order valence-corrected chi connectivity index (χ0v) is 13.7. The smallest absolute Gasteiger partial charge is 0.263 e. The standard InChI is InChI=1S/C14H14FNO5S2/c1-22(17,18)13-7-2-3-8-14(13)23(19,20)16-21-10-11-5-4-6-12(15)9-11/h2-9,16H,10H2,1H3. The summed E-state index contributed by atoms with van der Waals surface area (Å²) < 4.78 is 60.7. The molecule has 0 aliphatic rings. The van der Waals surface area contributed by atoms with Gasteiger partial charge in [0.1, 0.15) is 10.7 Å². The van der Waals surface area contributed by atoms with Crippen LogP contribution in [0, 0.1) is 5.82 Å². The average Bonchev–Trinajstić information content (AvgIpc) is 2.46. The quantitative estimate of drug-likeness (QED) is 0.792. The van der Waals surface area contributed by atoms with Gasteiger partial charge >= 0.3 is 0 Å². The van der Waals surface area contributed by atoms with Gasteiger partial charge in [0, 0.05) is 6.26 Å². The molecule has 0 fully saturated rings. The summed E-state index contributed by atoms with van der Waals surface area (Å²) >= 11 is 0. The van der Waals surface area contributed by atoms with E-state index in [1.807, 2.05) is 4.89 Å². The molecule has 0 saturated heterocycles. The van der Waals surface area contributed by atoms with Gasteiger partial charge in [0.2, 0.25) is 0 Å². The van der Waals surface area contributed by atoms with Crippen molar-refractivity contribution in [3.8, 4) is 0 Å². The van der Waals surface area contributed by atoms with Gasteiger partial charge in [0.15, 0.2) is 9.84 Å². The zero-order chi connectivity index (χ0) is 17.1. The van der Waals surface area contributed by atoms with Gasteiger partial charge in [-0.25, -0.2) is 21.2 Å². The number of hydrogen-bond donors (Lipinski definition) is 1. The molecule has 0 aliphatic carbocycles. The van der Waals surface area contributed by atoms with Crippen LogP contribution in [0.25, 0.3) is 0 Å². The van der Waals surface area contributed by atoms with Crippen LogP contribution in [0.3, 0.4) is 0 Å². The van der Waals surface area contributed by atoms with Crippen LogP contribution in [0.2, 0.25) is 0 Å². The van der Waals surface area contributed by atoms with Crippen molar-refractivity contribution in [3.05, 3.63) is 59.9 Å². The van der Waals surface area contributed by atoms with Crippen molar-refractivity contribution in [1.82, 2.24) is 4.89 Å². The molecular weight excluding hydrogens is 345 g/mol. The molecule has 0 saturated carbocycles. The van der Waals surface area contributed by atoms with Crippen molar-refractivity contribution in [2.75, 3.05) is 6.26 Å². The Bertz CT molecular complexity index is 910. The maximum absolute atomic E-state index is 13.0. The molecule has 0 radical (unpaired) electrons. The lowest BCUT2D eigenvalue weighted by molar-refractivity contribution is 0.0792. The van der Waals surface area contributed by atoms with Crippen LogP contribution in [0.4, 0.5) is 4.39 Å². The number of rotatable bonds is 6. The molecule has 0 heterocycles. The first-order valence-electron chi connectivity index (χ1n) is 6.37. The molecule has 0 aliphatic heterocycles. The molecule has 6 nitrogen and oxygen atoms in total. The molecule has 0 atom stereocenters. The fourth-order valence-corrected chi connectivity index (χ4v) is 4.28. The molecule has 2 aromatic carbocycles. The summed E-state index contributed by atoms with van der Waals surface area (Å²) in [6, 6.07) is 10.6. The second kappa shape index (κ2) is 6.75. The van der Waals surface area contributed by atoms with Crippen LogP contribution in [0.15, 0.2) is 58.3 Å². The topological polar surface area (TPSA) is 89.5 Å². The first-order valence-corrected chi connectivity index (χ1v) is 9.75. The van der Waals surface area contributed by atoms with Crippen LogP contribution in [-0.4, -0.2) is 23.1 Å². The van der Waals surface area contributed by atoms with E-state index < -0.39 is 30.6 Å². The van der Waals surface area contributed by atoms with Gasteiger partial charge in [0.05, 0.1) is 11.5 Å². The largest absolute Gasteiger partial charge is 0.282 e. The van der Waals surface area contributed by atoms with E-state index in [1.165, 1.54) is 36.4 Å². The molecule has 2 aromatic rings. The summed E-state index contributed by atoms with van der Waals surface area (Å²) in [5.74, 6) is -0.476. The molecule has 0 aromatic heterocycles. The summed E-state index contributed by atoms with van der Waals surface area (Å²) in [5.41, 5.74) is 0.420. The molecule has 124 valence electrons. The van der Waals surface area contributed by atoms with Crippen molar-refractivity contribution in [2.45, 2.75) is 16.4 Å². The number of nitrogens with one attached hydrogen (secondary N) is 1. The highest BCUT2D eigenvalue weighted by Crippen LogP contribution is 2.20. The predicted octanol–water partition coefficient (Wildman–Crippen LogP) is 1.64. The minimum absolute atomic E-state index is 0.210. The molecule has 0 unspecified atom stereocenters. The third-order valence-corrected chi connectivity index (χ3v) is 5.39. The molecule has 2 rings (SSSR count). The molecule has 0 amide bonds. The predicted molar refractivity (Wildman–Crippen MR) is 81.1 cm³/mol. The van der Waals surface area contributed by atoms with Gasteiger partial charge in [-0.05, 0) is 29.8 Å². The van der Waals surface area contributed by atoms with Gasteiger partial charge < -0.3 is 0 Å². The normalized spacial score (nSPS) is 12.3. The van der Waals surface area contributed by atoms with Crippen LogP contribution < -0.4 is 4.89 Å². The van der Waals surface area contributed by atoms with Gasteiger partial charge in [-0.1, -0.05) is 29.2 Å². The van der Waals surface area contributed by atoms with Crippen molar-refractivity contribution in [3.63, 3.8) is 0 Å². The van der Waals surface area contributed by atoms with Crippen LogP contribution in [-0.2, 0) is 31.3 Å². The van der Waals surface area contributed by atoms with E-state index in [0.717, 1.165) is 12.3 Å². The minimum Gasteiger partial charge on any atom is -0.282 e. The molecular formula is C14H14FNO5S2. The van der Waals surface area contributed by atoms with Crippen molar-refractivity contribution in [2.24, 2.45) is 0 Å². The zero-order valence-electron chi connectivity index (χ0n) is 12.1. The fourth-order valence-electron chi connectivity index (χ4n) is 1.84. The van der Waals surface area contributed by atoms with E-state index in [9.17, 15) is 21.2 Å². The Morgan fingerprint density at radius 1 is 1.00 bits per heavy atom. The Hall–Kier alpha value is -1.81. The Balaban J connectivity index is 2.17. The fraction of sp³-hybridized carbons (Fsp3) is 0.143. The molecule has 0 spiro atoms. The molecule has 0 bridgehead atoms. The van der Waals surface area contributed by atoms with E-state index in [-0.39, 0.29) is 11.5 Å². The number of hydrogen-bond acceptors (Lipinski definition) is 5. The van der Waals surface area contributed by atoms with E-state index in [0.29, 0.717) is 5.56 Å². The maximum atomic E-state index is 13.0. The van der Waals surface area contributed by atoms with E-state index in [4.69, 9.17) is 4.84 Å². The highest BCUT2D eigenvalue weighted by Gasteiger charge is 2.23. The van der Waals surface area contributed by atoms with Crippen LogP contribution in [0.1, 0.15) is 5.56 Å². The molecule has 9 heteroatoms. The number of halogens is 1. The number of sulfone groups is 1. The van der Waals surface area contributed by atoms with Gasteiger partial charge in [-0.15, -0.1) is 0 Å². The lowest BCUT2D eigenvalue weighted by Crippen LogP contribution is -2.25. The van der Waals surface area contributed by atoms with Gasteiger partial charge in [-0.2, -0.15) is 0 Å². The summed E-state index contributed by atoms with van der Waals surface area (Å²) in [6.45, 7) is -0.210. The van der Waals surface area contributed by atoms with Crippen molar-refractivity contribution in [1.29, 1.82) is 0 Å². The highest BCUT2D eigenvalue weighted by atomic mass is 32.2. The Morgan fingerprint density at radius 3 is 2.26 bits per heavy atom. The third-order valence-electron chi connectivity index (χ3n) is 2.83. The molecule has 1 N–H and O–H groups in total. The lowest BCUT2D eigenvalue weighted by Gasteiger charge is -2.10. The van der Waals surface area contributed by atoms with E-state index >= 15 is 0 Å². The SMILES string of the molecule is CS(=O)(=O)c1ccccc1S(=O)(=O)NOCc1cccc(F)c1. The van der Waals surface area contributed by atoms with Crippen molar-refractivity contribution < 1.29 is 26.1 Å². The van der Waals surface area contributed by atoms with Crippen LogP contribution in [0.5, 0.6) is 0 Å². The second-order valence-electron chi connectivity index (χ2n) is 4.72. The number of sulfonamides is 1. The van der Waals surface area contributed by atoms with Crippen LogP contribution >= 0.6 is 0 Å². The Labute approximate surface area is 133 Å². The maximum Gasteiger partial charge on any atom is 0.263 e. The van der Waals surface area contributed by atoms with Gasteiger partial charge in [-0.3, -0.25) is 4.84 Å². The van der Waals surface area contributed by atoms with E-state index in [2.05, 4.69) is 0 Å².